The lowest BCUT2D eigenvalue weighted by molar-refractivity contribution is 0.505. The molecule has 14 heavy (non-hydrogen) atoms. The predicted molar refractivity (Wildman–Crippen MR) is 60.8 cm³/mol. The molecule has 0 radical (unpaired) electrons. The second-order valence-electron chi connectivity index (χ2n) is 4.46. The molecule has 0 unspecified atom stereocenters. The average Bonchev–Trinajstić information content (AvgIpc) is 2.02. The summed E-state index contributed by atoms with van der Waals surface area (Å²) in [5.41, 5.74) is 3.90. The molecule has 0 saturated heterocycles. The minimum Gasteiger partial charge on any atom is -0.223 e. The summed E-state index contributed by atoms with van der Waals surface area (Å²) in [5.74, 6) is 0.142. The van der Waals surface area contributed by atoms with Gasteiger partial charge in [-0.2, -0.15) is 0 Å². The molecular weight excluding hydrogens is 196 g/mol. The number of sulfone groups is 1. The summed E-state index contributed by atoms with van der Waals surface area (Å²) >= 11 is 0. The highest BCUT2D eigenvalue weighted by molar-refractivity contribution is 7.95. The van der Waals surface area contributed by atoms with Crippen molar-refractivity contribution >= 4 is 9.84 Å². The standard InChI is InChI=1S/C11H20O2S/c1-7-14(12,13)10(3)8-9(2)11(4,5)6/h7H2,1-6H3. The monoisotopic (exact) mass is 216 g/mol. The molecule has 0 aromatic heterocycles. The fourth-order valence-electron chi connectivity index (χ4n) is 0.746. The van der Waals surface area contributed by atoms with Gasteiger partial charge in [0.25, 0.3) is 0 Å². The Balaban J connectivity index is 5.43. The second kappa shape index (κ2) is 4.33. The summed E-state index contributed by atoms with van der Waals surface area (Å²) in [6.07, 6.45) is 0. The lowest BCUT2D eigenvalue weighted by Crippen LogP contribution is -2.07. The van der Waals surface area contributed by atoms with Crippen LogP contribution in [0.2, 0.25) is 0 Å². The molecule has 0 fully saturated rings. The van der Waals surface area contributed by atoms with Gasteiger partial charge in [-0.1, -0.05) is 27.7 Å². The Morgan fingerprint density at radius 3 is 1.93 bits per heavy atom. The summed E-state index contributed by atoms with van der Waals surface area (Å²) in [7, 11) is -3.07. The van der Waals surface area contributed by atoms with Gasteiger partial charge in [-0.25, -0.2) is 8.42 Å². The fraction of sp³-hybridized carbons (Fsp3) is 0.727. The van der Waals surface area contributed by atoms with E-state index >= 15 is 0 Å². The van der Waals surface area contributed by atoms with Crippen molar-refractivity contribution in [2.45, 2.75) is 41.5 Å². The van der Waals surface area contributed by atoms with Crippen molar-refractivity contribution in [3.63, 3.8) is 0 Å². The van der Waals surface area contributed by atoms with E-state index in [2.05, 4.69) is 5.73 Å². The van der Waals surface area contributed by atoms with Crippen LogP contribution in [0.3, 0.4) is 0 Å². The Kier molecular flexibility index (Phi) is 4.16. The van der Waals surface area contributed by atoms with Crippen molar-refractivity contribution in [1.82, 2.24) is 0 Å². The van der Waals surface area contributed by atoms with Crippen LogP contribution in [-0.4, -0.2) is 14.2 Å². The van der Waals surface area contributed by atoms with Gasteiger partial charge in [-0.05, 0) is 24.8 Å². The van der Waals surface area contributed by atoms with Crippen molar-refractivity contribution in [3.8, 4) is 0 Å². The first-order valence-electron chi connectivity index (χ1n) is 4.78. The molecule has 0 aliphatic heterocycles. The predicted octanol–water partition coefficient (Wildman–Crippen LogP) is 2.92. The molecule has 3 heteroatoms. The summed E-state index contributed by atoms with van der Waals surface area (Å²) in [6.45, 7) is 11.3. The summed E-state index contributed by atoms with van der Waals surface area (Å²) in [6, 6.07) is 0. The molecule has 0 aromatic carbocycles. The van der Waals surface area contributed by atoms with Gasteiger partial charge in [0.1, 0.15) is 0 Å². The van der Waals surface area contributed by atoms with E-state index in [9.17, 15) is 8.42 Å². The minimum absolute atomic E-state index is 0.0233. The van der Waals surface area contributed by atoms with Gasteiger partial charge in [-0.3, -0.25) is 0 Å². The fourth-order valence-corrected chi connectivity index (χ4v) is 1.49. The molecular formula is C11H20O2S. The SMILES string of the molecule is CCS(=O)(=O)C(C)=C=C(C)C(C)(C)C. The van der Waals surface area contributed by atoms with E-state index in [1.54, 1.807) is 13.8 Å². The van der Waals surface area contributed by atoms with Crippen LogP contribution in [0.1, 0.15) is 41.5 Å². The number of hydrogen-bond acceptors (Lipinski definition) is 2. The molecule has 82 valence electrons. The van der Waals surface area contributed by atoms with Crippen molar-refractivity contribution in [2.75, 3.05) is 5.75 Å². The van der Waals surface area contributed by atoms with Gasteiger partial charge in [0.15, 0.2) is 9.84 Å². The van der Waals surface area contributed by atoms with Gasteiger partial charge >= 0.3 is 0 Å². The van der Waals surface area contributed by atoms with Crippen LogP contribution < -0.4 is 0 Å². The van der Waals surface area contributed by atoms with Crippen LogP contribution in [0.5, 0.6) is 0 Å². The average molecular weight is 216 g/mol. The zero-order valence-electron chi connectivity index (χ0n) is 9.93. The Morgan fingerprint density at radius 1 is 1.21 bits per heavy atom. The summed E-state index contributed by atoms with van der Waals surface area (Å²) < 4.78 is 22.9. The second-order valence-corrected chi connectivity index (χ2v) is 6.88. The lowest BCUT2D eigenvalue weighted by atomic mass is 9.88. The third-order valence-electron chi connectivity index (χ3n) is 2.34. The maximum absolute atomic E-state index is 11.4. The number of rotatable bonds is 2. The summed E-state index contributed by atoms with van der Waals surface area (Å²) in [5, 5.41) is 0. The molecule has 0 rings (SSSR count). The highest BCUT2D eigenvalue weighted by Crippen LogP contribution is 2.24. The van der Waals surface area contributed by atoms with Crippen molar-refractivity contribution in [3.05, 3.63) is 16.2 Å². The quantitative estimate of drug-likeness (QED) is 0.665. The Labute approximate surface area is 87.6 Å². The van der Waals surface area contributed by atoms with E-state index in [4.69, 9.17) is 0 Å². The molecule has 0 aliphatic rings. The van der Waals surface area contributed by atoms with Crippen molar-refractivity contribution in [2.24, 2.45) is 5.41 Å². The Hall–Kier alpha value is -0.530. The Bertz CT molecular complexity index is 361. The van der Waals surface area contributed by atoms with Crippen LogP contribution >= 0.6 is 0 Å². The molecule has 0 bridgehead atoms. The van der Waals surface area contributed by atoms with Crippen molar-refractivity contribution < 1.29 is 8.42 Å². The smallest absolute Gasteiger partial charge is 0.181 e. The highest BCUT2D eigenvalue weighted by Gasteiger charge is 2.14. The molecule has 0 heterocycles. The molecule has 0 spiro atoms. The van der Waals surface area contributed by atoms with Crippen LogP contribution in [0.15, 0.2) is 16.2 Å². The third kappa shape index (κ3) is 3.69. The molecule has 0 amide bonds. The van der Waals surface area contributed by atoms with E-state index in [0.29, 0.717) is 4.91 Å². The minimum atomic E-state index is -3.07. The largest absolute Gasteiger partial charge is 0.223 e. The molecule has 2 nitrogen and oxygen atoms in total. The van der Waals surface area contributed by atoms with E-state index in [0.717, 1.165) is 5.57 Å². The molecule has 0 N–H and O–H groups in total. The van der Waals surface area contributed by atoms with Gasteiger partial charge < -0.3 is 0 Å². The molecule has 0 atom stereocenters. The van der Waals surface area contributed by atoms with E-state index in [-0.39, 0.29) is 11.2 Å². The molecule has 0 saturated carbocycles. The normalized spacial score (nSPS) is 12.1. The van der Waals surface area contributed by atoms with E-state index in [1.165, 1.54) is 0 Å². The van der Waals surface area contributed by atoms with Gasteiger partial charge in [0, 0.05) is 0 Å². The van der Waals surface area contributed by atoms with Crippen molar-refractivity contribution in [1.29, 1.82) is 0 Å². The zero-order valence-corrected chi connectivity index (χ0v) is 10.7. The topological polar surface area (TPSA) is 34.1 Å². The number of allylic oxidation sites excluding steroid dienone is 1. The van der Waals surface area contributed by atoms with Crippen LogP contribution in [0.25, 0.3) is 0 Å². The first-order valence-corrected chi connectivity index (χ1v) is 6.44. The third-order valence-corrected chi connectivity index (χ3v) is 4.13. The lowest BCUT2D eigenvalue weighted by Gasteiger charge is -2.17. The summed E-state index contributed by atoms with van der Waals surface area (Å²) in [4.78, 5) is 0.340. The Morgan fingerprint density at radius 2 is 1.64 bits per heavy atom. The zero-order chi connectivity index (χ0) is 11.6. The van der Waals surface area contributed by atoms with E-state index < -0.39 is 9.84 Å². The van der Waals surface area contributed by atoms with Gasteiger partial charge in [-0.15, -0.1) is 5.73 Å². The van der Waals surface area contributed by atoms with Gasteiger partial charge in [0.05, 0.1) is 10.7 Å². The first kappa shape index (κ1) is 13.5. The van der Waals surface area contributed by atoms with Crippen LogP contribution in [-0.2, 0) is 9.84 Å². The maximum atomic E-state index is 11.4. The maximum Gasteiger partial charge on any atom is 0.181 e. The molecule has 0 aromatic rings. The van der Waals surface area contributed by atoms with Crippen LogP contribution in [0.4, 0.5) is 0 Å². The van der Waals surface area contributed by atoms with Crippen LogP contribution in [0, 0.1) is 5.41 Å². The van der Waals surface area contributed by atoms with Gasteiger partial charge in [0.2, 0.25) is 0 Å². The molecule has 0 aliphatic carbocycles. The van der Waals surface area contributed by atoms with E-state index in [1.807, 2.05) is 27.7 Å². The first-order chi connectivity index (χ1) is 6.11. The number of hydrogen-bond donors (Lipinski definition) is 0. The highest BCUT2D eigenvalue weighted by atomic mass is 32.2.